The molecule has 0 aromatic carbocycles. The van der Waals surface area contributed by atoms with E-state index in [9.17, 15) is 5.11 Å². The van der Waals surface area contributed by atoms with Gasteiger partial charge in [0.05, 0.1) is 5.69 Å². The van der Waals surface area contributed by atoms with Crippen molar-refractivity contribution in [2.45, 2.75) is 52.4 Å². The Labute approximate surface area is 85.5 Å². The van der Waals surface area contributed by atoms with Crippen LogP contribution in [0.25, 0.3) is 0 Å². The minimum atomic E-state index is -0.105. The van der Waals surface area contributed by atoms with Crippen molar-refractivity contribution in [1.82, 2.24) is 10.2 Å². The molecule has 0 saturated heterocycles. The van der Waals surface area contributed by atoms with Crippen molar-refractivity contribution >= 4 is 0 Å². The molecule has 0 bridgehead atoms. The van der Waals surface area contributed by atoms with E-state index in [1.807, 2.05) is 20.8 Å². The van der Waals surface area contributed by atoms with E-state index in [0.717, 1.165) is 17.8 Å². The summed E-state index contributed by atoms with van der Waals surface area (Å²) < 4.78 is 0. The molecule has 3 nitrogen and oxygen atoms in total. The van der Waals surface area contributed by atoms with Gasteiger partial charge in [0, 0.05) is 11.3 Å². The summed E-state index contributed by atoms with van der Waals surface area (Å²) in [5.41, 5.74) is 1.51. The SMILES string of the molecule is CCC(C)c1[nH]nc(C(C)(C)C)c1O. The molecule has 1 heterocycles. The van der Waals surface area contributed by atoms with E-state index in [0.29, 0.717) is 11.7 Å². The normalized spacial score (nSPS) is 14.4. The van der Waals surface area contributed by atoms with Gasteiger partial charge in [-0.2, -0.15) is 5.10 Å². The van der Waals surface area contributed by atoms with Crippen molar-refractivity contribution in [3.8, 4) is 5.75 Å². The zero-order chi connectivity index (χ0) is 10.9. The van der Waals surface area contributed by atoms with Gasteiger partial charge in [-0.3, -0.25) is 5.10 Å². The predicted molar refractivity (Wildman–Crippen MR) is 57.7 cm³/mol. The van der Waals surface area contributed by atoms with Crippen LogP contribution in [0, 0.1) is 0 Å². The average molecular weight is 196 g/mol. The van der Waals surface area contributed by atoms with Crippen molar-refractivity contribution < 1.29 is 5.11 Å². The van der Waals surface area contributed by atoms with Gasteiger partial charge in [-0.1, -0.05) is 34.6 Å². The first kappa shape index (κ1) is 11.1. The zero-order valence-corrected chi connectivity index (χ0v) is 9.68. The smallest absolute Gasteiger partial charge is 0.160 e. The molecule has 0 aliphatic rings. The van der Waals surface area contributed by atoms with Gasteiger partial charge in [0.15, 0.2) is 5.75 Å². The third-order valence-electron chi connectivity index (χ3n) is 2.58. The Morgan fingerprint density at radius 2 is 2.00 bits per heavy atom. The predicted octanol–water partition coefficient (Wildman–Crippen LogP) is 2.93. The number of H-pyrrole nitrogens is 1. The molecule has 14 heavy (non-hydrogen) atoms. The lowest BCUT2D eigenvalue weighted by atomic mass is 9.90. The van der Waals surface area contributed by atoms with Crippen LogP contribution in [0.4, 0.5) is 0 Å². The maximum atomic E-state index is 9.97. The largest absolute Gasteiger partial charge is 0.504 e. The number of aromatic nitrogens is 2. The molecule has 1 aromatic heterocycles. The molecule has 0 radical (unpaired) electrons. The van der Waals surface area contributed by atoms with Crippen LogP contribution in [0.15, 0.2) is 0 Å². The topological polar surface area (TPSA) is 48.9 Å². The van der Waals surface area contributed by atoms with E-state index >= 15 is 0 Å². The number of aromatic amines is 1. The summed E-state index contributed by atoms with van der Waals surface area (Å²) in [4.78, 5) is 0. The van der Waals surface area contributed by atoms with E-state index < -0.39 is 0 Å². The molecule has 0 saturated carbocycles. The first-order valence-electron chi connectivity index (χ1n) is 5.15. The van der Waals surface area contributed by atoms with Crippen LogP contribution in [0.1, 0.15) is 58.3 Å². The molecule has 3 heteroatoms. The highest BCUT2D eigenvalue weighted by atomic mass is 16.3. The maximum absolute atomic E-state index is 9.97. The zero-order valence-electron chi connectivity index (χ0n) is 9.68. The average Bonchev–Trinajstić information content (AvgIpc) is 2.45. The van der Waals surface area contributed by atoms with E-state index in [4.69, 9.17) is 0 Å². The molecule has 2 N–H and O–H groups in total. The molecule has 1 aromatic rings. The van der Waals surface area contributed by atoms with Gasteiger partial charge in [0.25, 0.3) is 0 Å². The van der Waals surface area contributed by atoms with Crippen molar-refractivity contribution in [2.24, 2.45) is 0 Å². The van der Waals surface area contributed by atoms with Gasteiger partial charge < -0.3 is 5.11 Å². The molecular formula is C11H20N2O. The Morgan fingerprint density at radius 1 is 1.43 bits per heavy atom. The summed E-state index contributed by atoms with van der Waals surface area (Å²) in [6.07, 6.45) is 0.999. The Morgan fingerprint density at radius 3 is 2.36 bits per heavy atom. The molecule has 1 atom stereocenters. The second-order valence-corrected chi connectivity index (χ2v) is 4.89. The van der Waals surface area contributed by atoms with Crippen LogP contribution < -0.4 is 0 Å². The van der Waals surface area contributed by atoms with Gasteiger partial charge >= 0.3 is 0 Å². The first-order chi connectivity index (χ1) is 6.38. The van der Waals surface area contributed by atoms with Crippen LogP contribution in [-0.2, 0) is 5.41 Å². The molecule has 1 rings (SSSR count). The number of rotatable bonds is 2. The van der Waals surface area contributed by atoms with Crippen molar-refractivity contribution in [1.29, 1.82) is 0 Å². The van der Waals surface area contributed by atoms with Crippen LogP contribution in [-0.4, -0.2) is 15.3 Å². The van der Waals surface area contributed by atoms with Gasteiger partial charge in [0.1, 0.15) is 5.69 Å². The molecule has 1 unspecified atom stereocenters. The third kappa shape index (κ3) is 1.91. The van der Waals surface area contributed by atoms with Crippen molar-refractivity contribution in [3.63, 3.8) is 0 Å². The van der Waals surface area contributed by atoms with Crippen molar-refractivity contribution in [2.75, 3.05) is 0 Å². The van der Waals surface area contributed by atoms with E-state index in [1.165, 1.54) is 0 Å². The van der Waals surface area contributed by atoms with Gasteiger partial charge in [-0.05, 0) is 6.42 Å². The monoisotopic (exact) mass is 196 g/mol. The molecule has 0 amide bonds. The van der Waals surface area contributed by atoms with Crippen LogP contribution in [0.5, 0.6) is 5.75 Å². The molecule has 80 valence electrons. The molecular weight excluding hydrogens is 176 g/mol. The second-order valence-electron chi connectivity index (χ2n) is 4.89. The highest BCUT2D eigenvalue weighted by molar-refractivity contribution is 5.37. The summed E-state index contributed by atoms with van der Waals surface area (Å²) in [6, 6.07) is 0. The summed E-state index contributed by atoms with van der Waals surface area (Å²) in [5, 5.41) is 17.1. The Balaban J connectivity index is 3.09. The number of nitrogens with zero attached hydrogens (tertiary/aromatic N) is 1. The lowest BCUT2D eigenvalue weighted by molar-refractivity contribution is 0.435. The van der Waals surface area contributed by atoms with Crippen LogP contribution in [0.3, 0.4) is 0 Å². The number of hydrogen-bond acceptors (Lipinski definition) is 2. The van der Waals surface area contributed by atoms with E-state index in [1.54, 1.807) is 0 Å². The van der Waals surface area contributed by atoms with E-state index in [2.05, 4.69) is 24.0 Å². The fourth-order valence-corrected chi connectivity index (χ4v) is 1.42. The molecule has 0 spiro atoms. The lowest BCUT2D eigenvalue weighted by Crippen LogP contribution is -2.11. The quantitative estimate of drug-likeness (QED) is 0.764. The summed E-state index contributed by atoms with van der Waals surface area (Å²) >= 11 is 0. The first-order valence-corrected chi connectivity index (χ1v) is 5.15. The minimum Gasteiger partial charge on any atom is -0.504 e. The third-order valence-corrected chi connectivity index (χ3v) is 2.58. The molecule has 0 fully saturated rings. The fourth-order valence-electron chi connectivity index (χ4n) is 1.42. The van der Waals surface area contributed by atoms with Crippen LogP contribution >= 0.6 is 0 Å². The summed E-state index contributed by atoms with van der Waals surface area (Å²) in [6.45, 7) is 10.3. The van der Waals surface area contributed by atoms with Crippen molar-refractivity contribution in [3.05, 3.63) is 11.4 Å². The van der Waals surface area contributed by atoms with E-state index in [-0.39, 0.29) is 5.41 Å². The lowest BCUT2D eigenvalue weighted by Gasteiger charge is -2.15. The minimum absolute atomic E-state index is 0.105. The highest BCUT2D eigenvalue weighted by Gasteiger charge is 2.25. The highest BCUT2D eigenvalue weighted by Crippen LogP contribution is 2.34. The Bertz CT molecular complexity index is 310. The molecule has 0 aliphatic carbocycles. The number of nitrogens with one attached hydrogen (secondary N) is 1. The summed E-state index contributed by atoms with van der Waals surface area (Å²) in [5.74, 6) is 0.672. The van der Waals surface area contributed by atoms with Crippen LogP contribution in [0.2, 0.25) is 0 Å². The molecule has 0 aliphatic heterocycles. The van der Waals surface area contributed by atoms with Gasteiger partial charge in [0.2, 0.25) is 0 Å². The fraction of sp³-hybridized carbons (Fsp3) is 0.727. The maximum Gasteiger partial charge on any atom is 0.160 e. The second kappa shape index (κ2) is 3.64. The Kier molecular flexibility index (Phi) is 2.88. The van der Waals surface area contributed by atoms with Gasteiger partial charge in [-0.25, -0.2) is 0 Å². The summed E-state index contributed by atoms with van der Waals surface area (Å²) in [7, 11) is 0. The van der Waals surface area contributed by atoms with Gasteiger partial charge in [-0.15, -0.1) is 0 Å². The Hall–Kier alpha value is -0.990. The number of hydrogen-bond donors (Lipinski definition) is 2. The number of aromatic hydroxyl groups is 1. The standard InChI is InChI=1S/C11H20N2O/c1-6-7(2)8-9(14)10(13-12-8)11(3,4)5/h7,14H,6H2,1-5H3,(H,12,13).